The van der Waals surface area contributed by atoms with Gasteiger partial charge in [0, 0.05) is 19.1 Å². The van der Waals surface area contributed by atoms with Crippen molar-refractivity contribution in [3.8, 4) is 11.8 Å². The van der Waals surface area contributed by atoms with Crippen LogP contribution in [-0.4, -0.2) is 55.8 Å². The van der Waals surface area contributed by atoms with Gasteiger partial charge in [0.1, 0.15) is 6.33 Å². The van der Waals surface area contributed by atoms with E-state index < -0.39 is 0 Å². The standard InChI is InChI=1S/C14H26N4O2/c1-10(2)12(8-18(3)4)15-7-11-13(19-5)16-9-17-14(11)20-6/h9-10,12,15H,7-8H2,1-6H3. The molecular weight excluding hydrogens is 256 g/mol. The number of methoxy groups -OCH3 is 2. The van der Waals surface area contributed by atoms with Crippen LogP contribution in [-0.2, 0) is 6.54 Å². The first kappa shape index (κ1) is 16.7. The minimum absolute atomic E-state index is 0.375. The molecule has 0 bridgehead atoms. The smallest absolute Gasteiger partial charge is 0.224 e. The van der Waals surface area contributed by atoms with Gasteiger partial charge < -0.3 is 19.7 Å². The van der Waals surface area contributed by atoms with E-state index in [1.165, 1.54) is 6.33 Å². The van der Waals surface area contributed by atoms with Gasteiger partial charge in [0.2, 0.25) is 11.8 Å². The van der Waals surface area contributed by atoms with Crippen molar-refractivity contribution < 1.29 is 9.47 Å². The normalized spacial score (nSPS) is 12.8. The molecule has 114 valence electrons. The molecule has 1 N–H and O–H groups in total. The second-order valence-corrected chi connectivity index (χ2v) is 5.36. The van der Waals surface area contributed by atoms with Gasteiger partial charge in [0.05, 0.1) is 19.8 Å². The third-order valence-electron chi connectivity index (χ3n) is 3.16. The average molecular weight is 282 g/mol. The van der Waals surface area contributed by atoms with Crippen molar-refractivity contribution in [3.63, 3.8) is 0 Å². The van der Waals surface area contributed by atoms with Crippen LogP contribution >= 0.6 is 0 Å². The van der Waals surface area contributed by atoms with Gasteiger partial charge in [-0.25, -0.2) is 9.97 Å². The van der Waals surface area contributed by atoms with E-state index in [0.717, 1.165) is 12.1 Å². The van der Waals surface area contributed by atoms with Crippen LogP contribution in [0.25, 0.3) is 0 Å². The van der Waals surface area contributed by atoms with Crippen LogP contribution < -0.4 is 14.8 Å². The molecule has 0 aliphatic carbocycles. The van der Waals surface area contributed by atoms with Crippen molar-refractivity contribution in [2.75, 3.05) is 34.9 Å². The molecule has 0 saturated heterocycles. The van der Waals surface area contributed by atoms with Gasteiger partial charge in [0.25, 0.3) is 0 Å². The molecule has 1 aromatic heterocycles. The lowest BCUT2D eigenvalue weighted by Crippen LogP contribution is -2.41. The summed E-state index contributed by atoms with van der Waals surface area (Å²) >= 11 is 0. The lowest BCUT2D eigenvalue weighted by Gasteiger charge is -2.26. The molecule has 0 radical (unpaired) electrons. The SMILES string of the molecule is COc1ncnc(OC)c1CNC(CN(C)C)C(C)C. The molecule has 0 amide bonds. The summed E-state index contributed by atoms with van der Waals surface area (Å²) in [5.41, 5.74) is 0.849. The molecule has 0 fully saturated rings. The van der Waals surface area contributed by atoms with Gasteiger partial charge in [0.15, 0.2) is 0 Å². The molecule has 1 unspecified atom stereocenters. The van der Waals surface area contributed by atoms with Gasteiger partial charge in [-0.1, -0.05) is 13.8 Å². The molecule has 0 aliphatic heterocycles. The van der Waals surface area contributed by atoms with Crippen molar-refractivity contribution in [2.45, 2.75) is 26.4 Å². The highest BCUT2D eigenvalue weighted by Gasteiger charge is 2.18. The Balaban J connectivity index is 2.81. The topological polar surface area (TPSA) is 59.5 Å². The summed E-state index contributed by atoms with van der Waals surface area (Å²) in [7, 11) is 7.35. The summed E-state index contributed by atoms with van der Waals surface area (Å²) in [5.74, 6) is 1.63. The molecule has 6 heteroatoms. The Labute approximate surface area is 121 Å². The van der Waals surface area contributed by atoms with Crippen molar-refractivity contribution in [2.24, 2.45) is 5.92 Å². The number of hydrogen-bond donors (Lipinski definition) is 1. The summed E-state index contributed by atoms with van der Waals surface area (Å²) < 4.78 is 10.6. The van der Waals surface area contributed by atoms with Gasteiger partial charge in [-0.05, 0) is 20.0 Å². The van der Waals surface area contributed by atoms with E-state index in [2.05, 4.69) is 48.1 Å². The summed E-state index contributed by atoms with van der Waals surface area (Å²) in [5, 5.41) is 3.53. The van der Waals surface area contributed by atoms with Crippen LogP contribution in [0, 0.1) is 5.92 Å². The number of nitrogens with one attached hydrogen (secondary N) is 1. The number of nitrogens with zero attached hydrogens (tertiary/aromatic N) is 3. The van der Waals surface area contributed by atoms with Crippen molar-refractivity contribution in [1.29, 1.82) is 0 Å². The van der Waals surface area contributed by atoms with Crippen LogP contribution in [0.15, 0.2) is 6.33 Å². The maximum absolute atomic E-state index is 5.28. The highest BCUT2D eigenvalue weighted by molar-refractivity contribution is 5.34. The van der Waals surface area contributed by atoms with Crippen LogP contribution in [0.3, 0.4) is 0 Å². The quantitative estimate of drug-likeness (QED) is 0.772. The second-order valence-electron chi connectivity index (χ2n) is 5.36. The number of ether oxygens (including phenoxy) is 2. The monoisotopic (exact) mass is 282 g/mol. The Bertz CT molecular complexity index is 388. The zero-order valence-corrected chi connectivity index (χ0v) is 13.3. The molecule has 1 atom stereocenters. The fourth-order valence-corrected chi connectivity index (χ4v) is 2.02. The second kappa shape index (κ2) is 8.01. The van der Waals surface area contributed by atoms with E-state index in [9.17, 15) is 0 Å². The largest absolute Gasteiger partial charge is 0.481 e. The number of likely N-dealkylation sites (N-methyl/N-ethyl adjacent to an activating group) is 1. The van der Waals surface area contributed by atoms with E-state index in [-0.39, 0.29) is 0 Å². The first-order valence-corrected chi connectivity index (χ1v) is 6.79. The first-order valence-electron chi connectivity index (χ1n) is 6.79. The highest BCUT2D eigenvalue weighted by Crippen LogP contribution is 2.23. The average Bonchev–Trinajstić information content (AvgIpc) is 2.42. The Kier molecular flexibility index (Phi) is 6.67. The third-order valence-corrected chi connectivity index (χ3v) is 3.16. The van der Waals surface area contributed by atoms with Gasteiger partial charge in [-0.3, -0.25) is 0 Å². The van der Waals surface area contributed by atoms with Gasteiger partial charge in [-0.15, -0.1) is 0 Å². The summed E-state index contributed by atoms with van der Waals surface area (Å²) in [4.78, 5) is 10.4. The molecule has 0 spiro atoms. The van der Waals surface area contributed by atoms with Crippen molar-refractivity contribution in [1.82, 2.24) is 20.2 Å². The summed E-state index contributed by atoms with van der Waals surface area (Å²) in [6, 6.07) is 0.375. The van der Waals surface area contributed by atoms with Gasteiger partial charge >= 0.3 is 0 Å². The van der Waals surface area contributed by atoms with Crippen molar-refractivity contribution >= 4 is 0 Å². The molecule has 6 nitrogen and oxygen atoms in total. The van der Waals surface area contributed by atoms with Gasteiger partial charge in [-0.2, -0.15) is 0 Å². The fraction of sp³-hybridized carbons (Fsp3) is 0.714. The van der Waals surface area contributed by atoms with Crippen LogP contribution in [0.5, 0.6) is 11.8 Å². The van der Waals surface area contributed by atoms with Crippen molar-refractivity contribution in [3.05, 3.63) is 11.9 Å². The number of aromatic nitrogens is 2. The molecule has 0 aromatic carbocycles. The Morgan fingerprint density at radius 3 is 2.10 bits per heavy atom. The predicted molar refractivity (Wildman–Crippen MR) is 79.2 cm³/mol. The molecule has 1 aromatic rings. The first-order chi connectivity index (χ1) is 9.49. The van der Waals surface area contributed by atoms with Crippen LogP contribution in [0.2, 0.25) is 0 Å². The molecule has 1 rings (SSSR count). The lowest BCUT2D eigenvalue weighted by atomic mass is 10.0. The van der Waals surface area contributed by atoms with E-state index >= 15 is 0 Å². The van der Waals surface area contributed by atoms with Crippen LogP contribution in [0.1, 0.15) is 19.4 Å². The fourth-order valence-electron chi connectivity index (χ4n) is 2.02. The van der Waals surface area contributed by atoms with E-state index in [1.54, 1.807) is 14.2 Å². The lowest BCUT2D eigenvalue weighted by molar-refractivity contribution is 0.283. The molecule has 1 heterocycles. The zero-order valence-electron chi connectivity index (χ0n) is 13.3. The highest BCUT2D eigenvalue weighted by atomic mass is 16.5. The minimum atomic E-state index is 0.375. The molecule has 20 heavy (non-hydrogen) atoms. The summed E-state index contributed by atoms with van der Waals surface area (Å²) in [6.45, 7) is 5.99. The minimum Gasteiger partial charge on any atom is -0.481 e. The number of rotatable bonds is 8. The molecular formula is C14H26N4O2. The number of hydrogen-bond acceptors (Lipinski definition) is 6. The van der Waals surface area contributed by atoms with Crippen LogP contribution in [0.4, 0.5) is 0 Å². The maximum Gasteiger partial charge on any atom is 0.224 e. The molecule has 0 aliphatic rings. The predicted octanol–water partition coefficient (Wildman–Crippen LogP) is 1.17. The Morgan fingerprint density at radius 1 is 1.15 bits per heavy atom. The van der Waals surface area contributed by atoms with E-state index in [4.69, 9.17) is 9.47 Å². The van der Waals surface area contributed by atoms with E-state index in [1.807, 2.05) is 0 Å². The van der Waals surface area contributed by atoms with E-state index in [0.29, 0.717) is 30.3 Å². The zero-order chi connectivity index (χ0) is 15.1. The maximum atomic E-state index is 5.28. The Hall–Kier alpha value is -1.40. The summed E-state index contributed by atoms with van der Waals surface area (Å²) in [6.07, 6.45) is 1.45. The molecule has 0 saturated carbocycles. The third kappa shape index (κ3) is 4.61. The Morgan fingerprint density at radius 2 is 1.70 bits per heavy atom.